The first-order valence-corrected chi connectivity index (χ1v) is 6.87. The third-order valence-corrected chi connectivity index (χ3v) is 3.89. The molecule has 0 amide bonds. The molecule has 0 radical (unpaired) electrons. The number of aliphatic carboxylic acids is 1. The zero-order chi connectivity index (χ0) is 13.9. The largest absolute Gasteiger partial charge is 0.479 e. The van der Waals surface area contributed by atoms with E-state index in [0.29, 0.717) is 4.47 Å². The average Bonchev–Trinajstić information content (AvgIpc) is 2.25. The maximum Gasteiger partial charge on any atom is 0.333 e. The Morgan fingerprint density at radius 2 is 2.11 bits per heavy atom. The van der Waals surface area contributed by atoms with Gasteiger partial charge in [0.15, 0.2) is 6.10 Å². The Bertz CT molecular complexity index is 562. The van der Waals surface area contributed by atoms with Crippen LogP contribution in [-0.4, -0.2) is 37.2 Å². The quantitative estimate of drug-likeness (QED) is 0.715. The SMILES string of the molecule is O=C(O)[C@@H](O)CNS(=O)(=O)c1ccc(Br)cc1F. The fourth-order valence-electron chi connectivity index (χ4n) is 1.05. The Balaban J connectivity index is 2.90. The summed E-state index contributed by atoms with van der Waals surface area (Å²) in [6.07, 6.45) is -1.89. The van der Waals surface area contributed by atoms with Crippen molar-refractivity contribution in [3.63, 3.8) is 0 Å². The van der Waals surface area contributed by atoms with Crippen LogP contribution in [0.25, 0.3) is 0 Å². The van der Waals surface area contributed by atoms with Crippen LogP contribution in [0.4, 0.5) is 4.39 Å². The van der Waals surface area contributed by atoms with Gasteiger partial charge in [-0.05, 0) is 18.2 Å². The van der Waals surface area contributed by atoms with Crippen molar-refractivity contribution in [2.24, 2.45) is 0 Å². The van der Waals surface area contributed by atoms with Gasteiger partial charge in [-0.2, -0.15) is 0 Å². The number of aliphatic hydroxyl groups is 1. The molecule has 0 saturated carbocycles. The Kier molecular flexibility index (Phi) is 4.79. The van der Waals surface area contributed by atoms with Gasteiger partial charge in [0.1, 0.15) is 10.7 Å². The lowest BCUT2D eigenvalue weighted by Gasteiger charge is -2.09. The van der Waals surface area contributed by atoms with Crippen LogP contribution in [-0.2, 0) is 14.8 Å². The molecule has 9 heteroatoms. The Morgan fingerprint density at radius 1 is 1.50 bits per heavy atom. The zero-order valence-corrected chi connectivity index (χ0v) is 11.2. The lowest BCUT2D eigenvalue weighted by Crippen LogP contribution is -2.36. The monoisotopic (exact) mass is 341 g/mol. The molecule has 0 aliphatic carbocycles. The van der Waals surface area contributed by atoms with E-state index in [9.17, 15) is 17.6 Å². The van der Waals surface area contributed by atoms with Gasteiger partial charge >= 0.3 is 5.97 Å². The normalized spacial score (nSPS) is 13.3. The van der Waals surface area contributed by atoms with E-state index in [4.69, 9.17) is 10.2 Å². The number of rotatable bonds is 5. The highest BCUT2D eigenvalue weighted by molar-refractivity contribution is 9.10. The molecule has 0 spiro atoms. The van der Waals surface area contributed by atoms with Crippen molar-refractivity contribution < 1.29 is 27.8 Å². The molecule has 1 aromatic rings. The number of carbonyl (C=O) groups is 1. The summed E-state index contributed by atoms with van der Waals surface area (Å²) in [4.78, 5) is 9.68. The number of carboxylic acid groups (broad SMARTS) is 1. The molecular weight excluding hydrogens is 333 g/mol. The van der Waals surface area contributed by atoms with E-state index in [1.165, 1.54) is 6.07 Å². The van der Waals surface area contributed by atoms with Gasteiger partial charge in [0.25, 0.3) is 0 Å². The first kappa shape index (κ1) is 15.0. The highest BCUT2D eigenvalue weighted by Crippen LogP contribution is 2.19. The van der Waals surface area contributed by atoms with Crippen LogP contribution >= 0.6 is 15.9 Å². The van der Waals surface area contributed by atoms with E-state index in [1.807, 2.05) is 0 Å². The van der Waals surface area contributed by atoms with Crippen LogP contribution in [0, 0.1) is 5.82 Å². The molecule has 18 heavy (non-hydrogen) atoms. The van der Waals surface area contributed by atoms with Gasteiger partial charge in [-0.1, -0.05) is 15.9 Å². The van der Waals surface area contributed by atoms with Gasteiger partial charge in [-0.15, -0.1) is 0 Å². The van der Waals surface area contributed by atoms with Crippen molar-refractivity contribution in [1.29, 1.82) is 0 Å². The van der Waals surface area contributed by atoms with Crippen LogP contribution in [0.15, 0.2) is 27.6 Å². The molecule has 0 aromatic heterocycles. The highest BCUT2D eigenvalue weighted by atomic mass is 79.9. The van der Waals surface area contributed by atoms with E-state index in [2.05, 4.69) is 15.9 Å². The van der Waals surface area contributed by atoms with Gasteiger partial charge in [0, 0.05) is 11.0 Å². The van der Waals surface area contributed by atoms with Crippen molar-refractivity contribution in [3.8, 4) is 0 Å². The van der Waals surface area contributed by atoms with Crippen molar-refractivity contribution in [1.82, 2.24) is 4.72 Å². The number of halogens is 2. The second-order valence-corrected chi connectivity index (χ2v) is 5.93. The molecule has 0 saturated heterocycles. The van der Waals surface area contributed by atoms with E-state index in [-0.39, 0.29) is 0 Å². The maximum absolute atomic E-state index is 13.4. The minimum absolute atomic E-state index is 0.365. The molecule has 0 aliphatic rings. The van der Waals surface area contributed by atoms with Gasteiger partial charge in [0.05, 0.1) is 0 Å². The summed E-state index contributed by atoms with van der Waals surface area (Å²) >= 11 is 2.97. The molecule has 0 aliphatic heterocycles. The minimum atomic E-state index is -4.21. The summed E-state index contributed by atoms with van der Waals surface area (Å²) in [5, 5.41) is 17.3. The molecule has 0 bridgehead atoms. The number of hydrogen-bond acceptors (Lipinski definition) is 4. The van der Waals surface area contributed by atoms with Gasteiger partial charge in [0.2, 0.25) is 10.0 Å². The van der Waals surface area contributed by atoms with E-state index in [0.717, 1.165) is 12.1 Å². The third kappa shape index (κ3) is 3.73. The van der Waals surface area contributed by atoms with Gasteiger partial charge in [-0.3, -0.25) is 0 Å². The molecule has 1 rings (SSSR count). The average molecular weight is 342 g/mol. The standard InChI is InChI=1S/C9H9BrFNO5S/c10-5-1-2-8(6(11)3-5)18(16,17)12-4-7(13)9(14)15/h1-3,7,12-13H,4H2,(H,14,15)/t7-/m0/s1. The van der Waals surface area contributed by atoms with Gasteiger partial charge in [-0.25, -0.2) is 22.3 Å². The first-order valence-electron chi connectivity index (χ1n) is 4.59. The third-order valence-electron chi connectivity index (χ3n) is 1.94. The summed E-state index contributed by atoms with van der Waals surface area (Å²) < 4.78 is 38.8. The van der Waals surface area contributed by atoms with Crippen molar-refractivity contribution >= 4 is 31.9 Å². The molecular formula is C9H9BrFNO5S. The summed E-state index contributed by atoms with van der Waals surface area (Å²) in [7, 11) is -4.21. The molecule has 0 heterocycles. The minimum Gasteiger partial charge on any atom is -0.479 e. The van der Waals surface area contributed by atoms with E-state index in [1.54, 1.807) is 4.72 Å². The molecule has 1 atom stereocenters. The summed E-state index contributed by atoms with van der Waals surface area (Å²) in [6, 6.07) is 3.31. The van der Waals surface area contributed by atoms with Crippen molar-refractivity contribution in [2.45, 2.75) is 11.0 Å². The summed E-state index contributed by atoms with van der Waals surface area (Å²) in [5.74, 6) is -2.56. The van der Waals surface area contributed by atoms with Crippen LogP contribution < -0.4 is 4.72 Å². The Hall–Kier alpha value is -1.03. The van der Waals surface area contributed by atoms with Crippen LogP contribution in [0.5, 0.6) is 0 Å². The summed E-state index contributed by atoms with van der Waals surface area (Å²) in [5.41, 5.74) is 0. The number of hydrogen-bond donors (Lipinski definition) is 3. The Morgan fingerprint density at radius 3 is 2.61 bits per heavy atom. The predicted molar refractivity (Wildman–Crippen MR) is 62.9 cm³/mol. The second-order valence-electron chi connectivity index (χ2n) is 3.28. The molecule has 0 fully saturated rings. The fourth-order valence-corrected chi connectivity index (χ4v) is 2.48. The van der Waals surface area contributed by atoms with Gasteiger partial charge < -0.3 is 10.2 Å². The van der Waals surface area contributed by atoms with Crippen LogP contribution in [0.2, 0.25) is 0 Å². The van der Waals surface area contributed by atoms with E-state index >= 15 is 0 Å². The number of nitrogens with one attached hydrogen (secondary N) is 1. The molecule has 100 valence electrons. The fraction of sp³-hybridized carbons (Fsp3) is 0.222. The number of benzene rings is 1. The number of aliphatic hydroxyl groups excluding tert-OH is 1. The Labute approximate surface area is 111 Å². The lowest BCUT2D eigenvalue weighted by atomic mass is 10.3. The number of carboxylic acids is 1. The zero-order valence-electron chi connectivity index (χ0n) is 8.80. The molecule has 1 aromatic carbocycles. The topological polar surface area (TPSA) is 104 Å². The lowest BCUT2D eigenvalue weighted by molar-refractivity contribution is -0.146. The predicted octanol–water partition coefficient (Wildman–Crippen LogP) is 0.312. The highest BCUT2D eigenvalue weighted by Gasteiger charge is 2.22. The molecule has 3 N–H and O–H groups in total. The molecule has 6 nitrogen and oxygen atoms in total. The van der Waals surface area contributed by atoms with E-state index < -0.39 is 39.4 Å². The first-order chi connectivity index (χ1) is 8.24. The van der Waals surface area contributed by atoms with Crippen molar-refractivity contribution in [2.75, 3.05) is 6.54 Å². The summed E-state index contributed by atoms with van der Waals surface area (Å²) in [6.45, 7) is -0.743. The van der Waals surface area contributed by atoms with Crippen molar-refractivity contribution in [3.05, 3.63) is 28.5 Å². The van der Waals surface area contributed by atoms with Crippen LogP contribution in [0.3, 0.4) is 0 Å². The maximum atomic E-state index is 13.4. The van der Waals surface area contributed by atoms with Crippen LogP contribution in [0.1, 0.15) is 0 Å². The second kappa shape index (κ2) is 5.74. The smallest absolute Gasteiger partial charge is 0.333 e. The molecule has 0 unspecified atom stereocenters. The number of sulfonamides is 1.